The molecule has 0 fully saturated rings. The molecule has 9 heteroatoms. The monoisotopic (exact) mass is 464 g/mol. The van der Waals surface area contributed by atoms with Crippen molar-refractivity contribution in [3.63, 3.8) is 0 Å². The van der Waals surface area contributed by atoms with Crippen LogP contribution in [0.2, 0.25) is 0 Å². The first kappa shape index (κ1) is 21.7. The molecule has 2 N–H and O–H groups in total. The second-order valence-corrected chi connectivity index (χ2v) is 8.85. The number of nitrogens with zero attached hydrogens (tertiary/aromatic N) is 2. The smallest absolute Gasteiger partial charge is 0.315 e. The number of benzene rings is 2. The van der Waals surface area contributed by atoms with Crippen LogP contribution in [0.4, 0.5) is 10.5 Å². The summed E-state index contributed by atoms with van der Waals surface area (Å²) in [5.41, 5.74) is 2.66. The number of nitro groups is 1. The van der Waals surface area contributed by atoms with Crippen LogP contribution in [0.15, 0.2) is 77.5 Å². The third-order valence-corrected chi connectivity index (χ3v) is 6.70. The Morgan fingerprint density at radius 1 is 1.00 bits per heavy atom. The molecule has 0 bridgehead atoms. The van der Waals surface area contributed by atoms with E-state index in [-0.39, 0.29) is 17.8 Å². The normalized spacial score (nSPS) is 11.6. The Hall–Kier alpha value is -3.56. The van der Waals surface area contributed by atoms with Gasteiger partial charge < -0.3 is 10.6 Å². The average Bonchev–Trinajstić information content (AvgIpc) is 3.50. The summed E-state index contributed by atoms with van der Waals surface area (Å²) in [5, 5.41) is 21.7. The molecule has 2 aromatic heterocycles. The first-order valence-corrected chi connectivity index (χ1v) is 11.7. The number of thiazole rings is 1. The Balaban J connectivity index is 1.50. The van der Waals surface area contributed by atoms with E-state index in [9.17, 15) is 14.9 Å². The fourth-order valence-electron chi connectivity index (χ4n) is 3.17. The van der Waals surface area contributed by atoms with E-state index >= 15 is 0 Å². The minimum Gasteiger partial charge on any atom is -0.334 e. The van der Waals surface area contributed by atoms with Crippen LogP contribution in [0.5, 0.6) is 0 Å². The Labute approximate surface area is 192 Å². The molecule has 0 aliphatic carbocycles. The van der Waals surface area contributed by atoms with E-state index in [2.05, 4.69) is 10.6 Å². The maximum Gasteiger partial charge on any atom is 0.315 e. The first-order chi connectivity index (χ1) is 15.6. The van der Waals surface area contributed by atoms with Crippen molar-refractivity contribution in [1.29, 1.82) is 0 Å². The number of amides is 2. The number of nitrogens with one attached hydrogen (secondary N) is 2. The molecule has 1 unspecified atom stereocenters. The number of aromatic nitrogens is 1. The molecule has 0 saturated carbocycles. The number of nitro benzene ring substituents is 1. The fraction of sp³-hybridized carbons (Fsp3) is 0.130. The lowest BCUT2D eigenvalue weighted by Crippen LogP contribution is -2.38. The minimum absolute atomic E-state index is 0.0347. The highest BCUT2D eigenvalue weighted by molar-refractivity contribution is 7.20. The fourth-order valence-corrected chi connectivity index (χ4v) is 4.85. The lowest BCUT2D eigenvalue weighted by molar-refractivity contribution is -0.384. The van der Waals surface area contributed by atoms with Crippen molar-refractivity contribution in [2.75, 3.05) is 0 Å². The predicted octanol–water partition coefficient (Wildman–Crippen LogP) is 5.56. The van der Waals surface area contributed by atoms with Crippen LogP contribution in [-0.4, -0.2) is 15.9 Å². The molecule has 7 nitrogen and oxygen atoms in total. The molecule has 4 rings (SSSR count). The molecule has 4 aromatic rings. The predicted molar refractivity (Wildman–Crippen MR) is 127 cm³/mol. The third-order valence-electron chi connectivity index (χ3n) is 4.80. The SMILES string of the molecule is O=C(NCc1ccccc1)NC(Cc1ccc([N+](=O)[O-])cc1)c1csc(-c2cccs2)n1. The largest absolute Gasteiger partial charge is 0.334 e. The first-order valence-electron chi connectivity index (χ1n) is 9.89. The molecule has 0 spiro atoms. The summed E-state index contributed by atoms with van der Waals surface area (Å²) in [4.78, 5) is 29.0. The van der Waals surface area contributed by atoms with Gasteiger partial charge in [0.05, 0.1) is 21.5 Å². The summed E-state index contributed by atoms with van der Waals surface area (Å²) >= 11 is 3.14. The summed E-state index contributed by atoms with van der Waals surface area (Å²) in [7, 11) is 0. The van der Waals surface area contributed by atoms with Crippen molar-refractivity contribution in [3.05, 3.63) is 104 Å². The Bertz CT molecular complexity index is 1180. The van der Waals surface area contributed by atoms with Gasteiger partial charge in [-0.3, -0.25) is 10.1 Å². The highest BCUT2D eigenvalue weighted by Gasteiger charge is 2.20. The molecular weight excluding hydrogens is 444 g/mol. The van der Waals surface area contributed by atoms with Crippen molar-refractivity contribution in [3.8, 4) is 9.88 Å². The van der Waals surface area contributed by atoms with E-state index in [0.717, 1.165) is 26.7 Å². The Morgan fingerprint density at radius 3 is 2.47 bits per heavy atom. The number of carbonyl (C=O) groups is 1. The average molecular weight is 465 g/mol. The van der Waals surface area contributed by atoms with Gasteiger partial charge in [0.25, 0.3) is 5.69 Å². The Kier molecular flexibility index (Phi) is 6.88. The second-order valence-electron chi connectivity index (χ2n) is 7.05. The second kappa shape index (κ2) is 10.2. The lowest BCUT2D eigenvalue weighted by Gasteiger charge is -2.18. The number of urea groups is 1. The van der Waals surface area contributed by atoms with Crippen LogP contribution in [0, 0.1) is 10.1 Å². The molecule has 2 aromatic carbocycles. The molecule has 2 heterocycles. The van der Waals surface area contributed by atoms with E-state index in [0.29, 0.717) is 13.0 Å². The van der Waals surface area contributed by atoms with Crippen molar-refractivity contribution >= 4 is 34.4 Å². The van der Waals surface area contributed by atoms with Gasteiger partial charge in [0.15, 0.2) is 0 Å². The summed E-state index contributed by atoms with van der Waals surface area (Å²) in [6, 6.07) is 19.3. The molecule has 2 amide bonds. The molecule has 32 heavy (non-hydrogen) atoms. The summed E-state index contributed by atoms with van der Waals surface area (Å²) in [6.07, 6.45) is 0.463. The summed E-state index contributed by atoms with van der Waals surface area (Å²) in [6.45, 7) is 0.411. The zero-order valence-electron chi connectivity index (χ0n) is 16.9. The summed E-state index contributed by atoms with van der Waals surface area (Å²) in [5.74, 6) is 0. The van der Waals surface area contributed by atoms with Crippen molar-refractivity contribution < 1.29 is 9.72 Å². The van der Waals surface area contributed by atoms with Crippen LogP contribution >= 0.6 is 22.7 Å². The maximum atomic E-state index is 12.6. The zero-order chi connectivity index (χ0) is 22.3. The van der Waals surface area contributed by atoms with Crippen LogP contribution in [-0.2, 0) is 13.0 Å². The topological polar surface area (TPSA) is 97.2 Å². The van der Waals surface area contributed by atoms with Gasteiger partial charge in [0.1, 0.15) is 5.01 Å². The van der Waals surface area contributed by atoms with E-state index in [1.807, 2.05) is 53.2 Å². The number of non-ortho nitro benzene ring substituents is 1. The van der Waals surface area contributed by atoms with E-state index in [1.54, 1.807) is 23.5 Å². The summed E-state index contributed by atoms with van der Waals surface area (Å²) < 4.78 is 0. The van der Waals surface area contributed by atoms with E-state index in [1.165, 1.54) is 23.5 Å². The van der Waals surface area contributed by atoms with E-state index in [4.69, 9.17) is 4.98 Å². The third kappa shape index (κ3) is 5.57. The van der Waals surface area contributed by atoms with Gasteiger partial charge in [-0.1, -0.05) is 48.5 Å². The van der Waals surface area contributed by atoms with Gasteiger partial charge in [-0.05, 0) is 29.0 Å². The number of hydrogen-bond donors (Lipinski definition) is 2. The molecular formula is C23H20N4O3S2. The minimum atomic E-state index is -0.426. The van der Waals surface area contributed by atoms with Gasteiger partial charge >= 0.3 is 6.03 Å². The van der Waals surface area contributed by atoms with Crippen LogP contribution in [0.25, 0.3) is 9.88 Å². The molecule has 0 radical (unpaired) electrons. The van der Waals surface area contributed by atoms with Crippen molar-refractivity contribution in [2.24, 2.45) is 0 Å². The number of hydrogen-bond acceptors (Lipinski definition) is 6. The molecule has 162 valence electrons. The quantitative estimate of drug-likeness (QED) is 0.263. The van der Waals surface area contributed by atoms with Crippen molar-refractivity contribution in [2.45, 2.75) is 19.0 Å². The molecule has 0 aliphatic rings. The van der Waals surface area contributed by atoms with Gasteiger partial charge in [0, 0.05) is 24.1 Å². The van der Waals surface area contributed by atoms with Gasteiger partial charge in [-0.25, -0.2) is 9.78 Å². The standard InChI is InChI=1S/C23H20N4O3S2/c28-23(24-14-17-5-2-1-3-6-17)26-19(13-16-8-10-18(11-9-16)27(29)30)20-15-32-22(25-20)21-7-4-12-31-21/h1-12,15,19H,13-14H2,(H2,24,26,28). The maximum absolute atomic E-state index is 12.6. The van der Waals surface area contributed by atoms with Gasteiger partial charge in [-0.2, -0.15) is 0 Å². The van der Waals surface area contributed by atoms with Crippen LogP contribution in [0.1, 0.15) is 22.9 Å². The van der Waals surface area contributed by atoms with E-state index < -0.39 is 4.92 Å². The number of thiophene rings is 1. The molecule has 1 atom stereocenters. The highest BCUT2D eigenvalue weighted by Crippen LogP contribution is 2.30. The number of rotatable bonds is 8. The van der Waals surface area contributed by atoms with Crippen LogP contribution < -0.4 is 10.6 Å². The molecule has 0 saturated heterocycles. The highest BCUT2D eigenvalue weighted by atomic mass is 32.1. The van der Waals surface area contributed by atoms with Gasteiger partial charge in [0.2, 0.25) is 0 Å². The van der Waals surface area contributed by atoms with Crippen molar-refractivity contribution in [1.82, 2.24) is 15.6 Å². The zero-order valence-corrected chi connectivity index (χ0v) is 18.6. The van der Waals surface area contributed by atoms with Crippen LogP contribution in [0.3, 0.4) is 0 Å². The van der Waals surface area contributed by atoms with Gasteiger partial charge in [-0.15, -0.1) is 22.7 Å². The number of carbonyl (C=O) groups excluding carboxylic acids is 1. The molecule has 0 aliphatic heterocycles. The lowest BCUT2D eigenvalue weighted by atomic mass is 10.0. The Morgan fingerprint density at radius 2 is 1.78 bits per heavy atom.